The number of benzene rings is 3. The van der Waals surface area contributed by atoms with E-state index in [4.69, 9.17) is 0 Å². The van der Waals surface area contributed by atoms with Gasteiger partial charge in [-0.15, -0.1) is 0 Å². The maximum Gasteiger partial charge on any atom is 0.246 e. The van der Waals surface area contributed by atoms with E-state index in [0.29, 0.717) is 5.95 Å². The highest BCUT2D eigenvalue weighted by atomic mass is 16.2. The van der Waals surface area contributed by atoms with Gasteiger partial charge >= 0.3 is 0 Å². The highest BCUT2D eigenvalue weighted by Gasteiger charge is 2.39. The normalized spacial score (nSPS) is 19.1. The quantitative estimate of drug-likeness (QED) is 0.573. The molecule has 5 nitrogen and oxygen atoms in total. The molecule has 26 heavy (non-hydrogen) atoms. The van der Waals surface area contributed by atoms with Crippen molar-refractivity contribution >= 4 is 33.7 Å². The van der Waals surface area contributed by atoms with E-state index in [0.717, 1.165) is 27.4 Å². The van der Waals surface area contributed by atoms with Crippen LogP contribution >= 0.6 is 0 Å². The first-order valence-corrected chi connectivity index (χ1v) is 8.43. The number of hydrogen-bond acceptors (Lipinski definition) is 3. The van der Waals surface area contributed by atoms with E-state index in [-0.39, 0.29) is 5.91 Å². The Labute approximate surface area is 149 Å². The molecule has 0 fully saturated rings. The third kappa shape index (κ3) is 1.96. The van der Waals surface area contributed by atoms with E-state index >= 15 is 0 Å². The summed E-state index contributed by atoms with van der Waals surface area (Å²) in [5.41, 5.74) is 2.65. The Kier molecular flexibility index (Phi) is 3.06. The van der Waals surface area contributed by atoms with Crippen molar-refractivity contribution in [2.45, 2.75) is 6.04 Å². The minimum atomic E-state index is -0.828. The molecule has 0 saturated heterocycles. The monoisotopic (exact) mass is 338 g/mol. The lowest BCUT2D eigenvalue weighted by molar-refractivity contribution is -0.119. The molecule has 2 atom stereocenters. The zero-order valence-electron chi connectivity index (χ0n) is 13.8. The number of anilines is 1. The molecule has 0 saturated carbocycles. The molecule has 4 aromatic rings. The van der Waals surface area contributed by atoms with Gasteiger partial charge in [-0.05, 0) is 28.5 Å². The highest BCUT2D eigenvalue weighted by molar-refractivity contribution is 5.98. The number of nitriles is 1. The lowest BCUT2D eigenvalue weighted by Crippen LogP contribution is -2.37. The minimum absolute atomic E-state index is 0.312. The highest BCUT2D eigenvalue weighted by Crippen LogP contribution is 2.40. The lowest BCUT2D eigenvalue weighted by Gasteiger charge is -2.30. The van der Waals surface area contributed by atoms with Gasteiger partial charge in [0.1, 0.15) is 0 Å². The molecule has 1 N–H and O–H groups in total. The zero-order chi connectivity index (χ0) is 17.7. The summed E-state index contributed by atoms with van der Waals surface area (Å²) in [6.07, 6.45) is 0. The molecular formula is C21H14N4O. The molecule has 3 aromatic carbocycles. The number of para-hydroxylation sites is 2. The number of aromatic nitrogens is 2. The minimum Gasteiger partial charge on any atom is -0.300 e. The fraction of sp³-hybridized carbons (Fsp3) is 0.0952. The van der Waals surface area contributed by atoms with Crippen LogP contribution in [0.5, 0.6) is 0 Å². The van der Waals surface area contributed by atoms with Crippen molar-refractivity contribution in [3.63, 3.8) is 0 Å². The van der Waals surface area contributed by atoms with Gasteiger partial charge in [-0.25, -0.2) is 4.98 Å². The van der Waals surface area contributed by atoms with Crippen LogP contribution in [0.15, 0.2) is 66.7 Å². The second-order valence-corrected chi connectivity index (χ2v) is 6.40. The van der Waals surface area contributed by atoms with Crippen LogP contribution in [0.3, 0.4) is 0 Å². The van der Waals surface area contributed by atoms with Crippen LogP contribution < -0.4 is 5.32 Å². The first-order chi connectivity index (χ1) is 12.8. The molecule has 5 heteroatoms. The zero-order valence-corrected chi connectivity index (χ0v) is 13.8. The van der Waals surface area contributed by atoms with Crippen molar-refractivity contribution < 1.29 is 4.79 Å². The molecule has 0 bridgehead atoms. The van der Waals surface area contributed by atoms with E-state index in [1.54, 1.807) is 0 Å². The van der Waals surface area contributed by atoms with Gasteiger partial charge in [0.2, 0.25) is 11.9 Å². The number of fused-ring (bicyclic) bond motifs is 4. The van der Waals surface area contributed by atoms with Gasteiger partial charge in [0.25, 0.3) is 0 Å². The average Bonchev–Trinajstić information content (AvgIpc) is 3.04. The molecular weight excluding hydrogens is 324 g/mol. The number of imidazole rings is 1. The van der Waals surface area contributed by atoms with Gasteiger partial charge in [0.05, 0.1) is 23.1 Å². The largest absolute Gasteiger partial charge is 0.300 e. The van der Waals surface area contributed by atoms with Crippen molar-refractivity contribution in [3.8, 4) is 6.07 Å². The van der Waals surface area contributed by atoms with E-state index in [9.17, 15) is 10.1 Å². The van der Waals surface area contributed by atoms with Crippen molar-refractivity contribution in [2.75, 3.05) is 5.32 Å². The number of carbonyl (C=O) groups excluding carboxylic acids is 1. The second-order valence-electron chi connectivity index (χ2n) is 6.40. The van der Waals surface area contributed by atoms with Gasteiger partial charge in [0.15, 0.2) is 5.92 Å². The molecule has 1 aliphatic rings. The van der Waals surface area contributed by atoms with Crippen LogP contribution in [0.25, 0.3) is 21.8 Å². The number of hydrogen-bond donors (Lipinski definition) is 1. The summed E-state index contributed by atoms with van der Waals surface area (Å²) >= 11 is 0. The number of nitrogens with zero attached hydrogens (tertiary/aromatic N) is 3. The molecule has 0 aliphatic carbocycles. The van der Waals surface area contributed by atoms with Crippen molar-refractivity contribution in [3.05, 3.63) is 72.3 Å². The summed E-state index contributed by atoms with van der Waals surface area (Å²) in [7, 11) is 0. The Balaban J connectivity index is 1.87. The van der Waals surface area contributed by atoms with Crippen LogP contribution in [0.1, 0.15) is 11.6 Å². The third-order valence-corrected chi connectivity index (χ3v) is 4.99. The summed E-state index contributed by atoms with van der Waals surface area (Å²) in [4.78, 5) is 17.1. The van der Waals surface area contributed by atoms with Crippen molar-refractivity contribution in [1.82, 2.24) is 9.55 Å². The van der Waals surface area contributed by atoms with Crippen LogP contribution in [0.4, 0.5) is 5.95 Å². The Bertz CT molecular complexity index is 1210. The number of nitrogens with one attached hydrogen (secondary N) is 1. The molecule has 5 rings (SSSR count). The first-order valence-electron chi connectivity index (χ1n) is 8.43. The van der Waals surface area contributed by atoms with Crippen molar-refractivity contribution in [1.29, 1.82) is 5.26 Å². The Morgan fingerprint density at radius 1 is 1.00 bits per heavy atom. The summed E-state index contributed by atoms with van der Waals surface area (Å²) < 4.78 is 1.98. The molecule has 2 heterocycles. The predicted molar refractivity (Wildman–Crippen MR) is 99.6 cm³/mol. The standard InChI is InChI=1S/C21H14N4O/c22-12-16-19(15-9-5-7-13-6-1-2-8-14(13)15)25-18-11-4-3-10-17(18)23-21(25)24-20(16)26/h1-11,16,19H,(H,23,24,26)/t16-,19+/m1/s1. The predicted octanol–water partition coefficient (Wildman–Crippen LogP) is 3.87. The maximum absolute atomic E-state index is 12.6. The molecule has 0 spiro atoms. The summed E-state index contributed by atoms with van der Waals surface area (Å²) in [5.74, 6) is -0.653. The van der Waals surface area contributed by atoms with Gasteiger partial charge in [-0.2, -0.15) is 5.26 Å². The molecule has 1 amide bonds. The smallest absolute Gasteiger partial charge is 0.246 e. The van der Waals surface area contributed by atoms with Gasteiger partial charge < -0.3 is 4.57 Å². The van der Waals surface area contributed by atoms with E-state index in [2.05, 4.69) is 16.4 Å². The molecule has 1 aliphatic heterocycles. The Hall–Kier alpha value is -3.65. The van der Waals surface area contributed by atoms with Crippen molar-refractivity contribution in [2.24, 2.45) is 5.92 Å². The topological polar surface area (TPSA) is 70.7 Å². The fourth-order valence-corrected chi connectivity index (χ4v) is 3.85. The van der Waals surface area contributed by atoms with Gasteiger partial charge in [-0.3, -0.25) is 10.1 Å². The fourth-order valence-electron chi connectivity index (χ4n) is 3.85. The van der Waals surface area contributed by atoms with Gasteiger partial charge in [-0.1, -0.05) is 54.6 Å². The maximum atomic E-state index is 12.6. The van der Waals surface area contributed by atoms with Crippen LogP contribution in [0.2, 0.25) is 0 Å². The second kappa shape index (κ2) is 5.43. The van der Waals surface area contributed by atoms with E-state index in [1.165, 1.54) is 0 Å². The molecule has 124 valence electrons. The molecule has 0 radical (unpaired) electrons. The lowest BCUT2D eigenvalue weighted by atomic mass is 9.88. The van der Waals surface area contributed by atoms with E-state index in [1.807, 2.05) is 71.3 Å². The van der Waals surface area contributed by atoms with Gasteiger partial charge in [0, 0.05) is 0 Å². The molecule has 0 unspecified atom stereocenters. The van der Waals surface area contributed by atoms with Crippen LogP contribution in [-0.2, 0) is 4.79 Å². The Morgan fingerprint density at radius 2 is 1.77 bits per heavy atom. The summed E-state index contributed by atoms with van der Waals surface area (Å²) in [6.45, 7) is 0. The van der Waals surface area contributed by atoms with E-state index < -0.39 is 12.0 Å². The average molecular weight is 338 g/mol. The van der Waals surface area contributed by atoms with Crippen LogP contribution in [0, 0.1) is 17.2 Å². The molecule has 1 aromatic heterocycles. The number of rotatable bonds is 1. The van der Waals surface area contributed by atoms with Crippen LogP contribution in [-0.4, -0.2) is 15.5 Å². The first kappa shape index (κ1) is 14.7. The Morgan fingerprint density at radius 3 is 2.65 bits per heavy atom. The third-order valence-electron chi connectivity index (χ3n) is 4.99. The summed E-state index contributed by atoms with van der Waals surface area (Å²) in [6, 6.07) is 23.5. The SMILES string of the molecule is N#C[C@H]1C(=O)Nc2nc3ccccc3n2[C@H]1c1cccc2ccccc12. The number of carbonyl (C=O) groups is 1. The summed E-state index contributed by atoms with van der Waals surface area (Å²) in [5, 5.41) is 14.7. The number of amides is 1.